The van der Waals surface area contributed by atoms with Gasteiger partial charge in [0.15, 0.2) is 5.78 Å². The Morgan fingerprint density at radius 1 is 1.07 bits per heavy atom. The minimum Gasteiger partial charge on any atom is -0.497 e. The van der Waals surface area contributed by atoms with Gasteiger partial charge in [-0.1, -0.05) is 42.5 Å². The highest BCUT2D eigenvalue weighted by Gasteiger charge is 2.47. The third-order valence-electron chi connectivity index (χ3n) is 5.70. The summed E-state index contributed by atoms with van der Waals surface area (Å²) in [6, 6.07) is 17.0. The minimum atomic E-state index is -0.417. The summed E-state index contributed by atoms with van der Waals surface area (Å²) in [6.45, 7) is 0. The molecule has 0 aromatic heterocycles. The molecule has 2 atom stereocenters. The fraction of sp³-hybridized carbons (Fsp3) is 0.348. The van der Waals surface area contributed by atoms with E-state index in [1.54, 1.807) is 7.11 Å². The second-order valence-corrected chi connectivity index (χ2v) is 7.36. The van der Waals surface area contributed by atoms with Gasteiger partial charge in [-0.2, -0.15) is 0 Å². The van der Waals surface area contributed by atoms with Gasteiger partial charge in [-0.05, 0) is 36.1 Å². The van der Waals surface area contributed by atoms with E-state index in [0.29, 0.717) is 19.3 Å². The number of nitroso groups, excluding NO2 is 1. The summed E-state index contributed by atoms with van der Waals surface area (Å²) < 4.78 is 6.50. The van der Waals surface area contributed by atoms with Crippen LogP contribution in [0.4, 0.5) is 0 Å². The highest BCUT2D eigenvalue weighted by Crippen LogP contribution is 2.41. The van der Waals surface area contributed by atoms with Gasteiger partial charge in [0, 0.05) is 34.5 Å². The zero-order valence-electron chi connectivity index (χ0n) is 15.6. The van der Waals surface area contributed by atoms with E-state index >= 15 is 0 Å². The molecule has 0 saturated heterocycles. The molecule has 0 spiro atoms. The molecule has 0 N–H and O–H groups in total. The van der Waals surface area contributed by atoms with E-state index in [2.05, 4.69) is 0 Å². The number of hydrogen-bond donors (Lipinski definition) is 0. The predicted molar refractivity (Wildman–Crippen MR) is 104 cm³/mol. The minimum absolute atomic E-state index is 0.155. The Hall–Kier alpha value is -2.75. The van der Waals surface area contributed by atoms with Crippen LogP contribution in [0.5, 0.6) is 5.75 Å². The number of Topliss-reactive ketones (excluding diaryl/α,β-unsaturated/α-hetero) is 1. The van der Waals surface area contributed by atoms with Crippen molar-refractivity contribution in [1.29, 1.82) is 0 Å². The first kappa shape index (κ1) is 17.7. The number of nitrogens with zero attached hydrogens (tertiary/aromatic N) is 1. The van der Waals surface area contributed by atoms with Gasteiger partial charge in [-0.3, -0.25) is 4.79 Å². The van der Waals surface area contributed by atoms with E-state index < -0.39 is 6.04 Å². The average Bonchev–Trinajstić information content (AvgIpc) is 2.71. The standard InChI is InChI=1S/C23H24NO3/c1-27-19-11-5-9-17(14-19)20-15-18-10-6-12-22(25)23(18)21(24(20)26)13-16-7-3-2-4-8-16/h2-5,7-9,11,14,20-21H,6,10,12-13,15H2,1H3/q+1/t20-,21+/m0/s1. The zero-order chi connectivity index (χ0) is 18.8. The maximum Gasteiger partial charge on any atom is 0.234 e. The van der Waals surface area contributed by atoms with Crippen molar-refractivity contribution in [2.24, 2.45) is 0 Å². The van der Waals surface area contributed by atoms with Crippen molar-refractivity contribution < 1.29 is 14.3 Å². The lowest BCUT2D eigenvalue weighted by molar-refractivity contribution is -0.621. The van der Waals surface area contributed by atoms with Crippen molar-refractivity contribution in [3.8, 4) is 5.75 Å². The SMILES string of the molecule is COc1cccc([C@@H]2CC3=C(C(=O)CCC3)[C@@H](Cc3ccccc3)[N+]2=O)c1. The Labute approximate surface area is 159 Å². The molecule has 0 saturated carbocycles. The molecule has 4 rings (SSSR count). The van der Waals surface area contributed by atoms with Gasteiger partial charge in [0.05, 0.1) is 12.7 Å². The molecule has 1 heterocycles. The Kier molecular flexibility index (Phi) is 4.88. The quantitative estimate of drug-likeness (QED) is 0.748. The molecular formula is C23H24NO3+. The fourth-order valence-corrected chi connectivity index (χ4v) is 4.37. The van der Waals surface area contributed by atoms with E-state index in [0.717, 1.165) is 40.1 Å². The summed E-state index contributed by atoms with van der Waals surface area (Å²) in [5, 5.41) is 0. The van der Waals surface area contributed by atoms with Crippen LogP contribution in [0.15, 0.2) is 65.7 Å². The summed E-state index contributed by atoms with van der Waals surface area (Å²) in [6.07, 6.45) is 3.56. The first-order chi connectivity index (χ1) is 13.2. The van der Waals surface area contributed by atoms with Gasteiger partial charge in [0.2, 0.25) is 12.1 Å². The maximum atomic E-state index is 13.4. The van der Waals surface area contributed by atoms with E-state index in [9.17, 15) is 9.70 Å². The Balaban J connectivity index is 1.74. The summed E-state index contributed by atoms with van der Waals surface area (Å²) in [5.41, 5.74) is 3.98. The molecule has 1 aliphatic carbocycles. The van der Waals surface area contributed by atoms with Gasteiger partial charge in [0.25, 0.3) is 0 Å². The van der Waals surface area contributed by atoms with E-state index in [4.69, 9.17) is 4.74 Å². The molecule has 2 aromatic carbocycles. The molecule has 4 heteroatoms. The van der Waals surface area contributed by atoms with Crippen LogP contribution < -0.4 is 4.74 Å². The molecule has 0 unspecified atom stereocenters. The second-order valence-electron chi connectivity index (χ2n) is 7.36. The summed E-state index contributed by atoms with van der Waals surface area (Å²) in [5.74, 6) is 0.905. The number of benzene rings is 2. The Morgan fingerprint density at radius 2 is 1.89 bits per heavy atom. The monoisotopic (exact) mass is 362 g/mol. The van der Waals surface area contributed by atoms with Crippen LogP contribution in [0.25, 0.3) is 0 Å². The lowest BCUT2D eigenvalue weighted by Crippen LogP contribution is -2.40. The molecule has 4 nitrogen and oxygen atoms in total. The smallest absolute Gasteiger partial charge is 0.234 e. The molecule has 2 aliphatic rings. The largest absolute Gasteiger partial charge is 0.497 e. The van der Waals surface area contributed by atoms with Crippen LogP contribution in [0.1, 0.15) is 42.9 Å². The third kappa shape index (κ3) is 3.44. The first-order valence-corrected chi connectivity index (χ1v) is 9.56. The molecule has 0 fully saturated rings. The van der Waals surface area contributed by atoms with Crippen LogP contribution in [-0.4, -0.2) is 23.7 Å². The number of rotatable bonds is 4. The number of hydrogen-bond acceptors (Lipinski definition) is 3. The van der Waals surface area contributed by atoms with Crippen molar-refractivity contribution in [3.63, 3.8) is 0 Å². The first-order valence-electron chi connectivity index (χ1n) is 9.56. The molecular weight excluding hydrogens is 338 g/mol. The number of ether oxygens (including phenoxy) is 1. The Bertz CT molecular complexity index is 901. The summed E-state index contributed by atoms with van der Waals surface area (Å²) in [4.78, 5) is 26.1. The molecule has 27 heavy (non-hydrogen) atoms. The van der Waals surface area contributed by atoms with Crippen LogP contribution in [0.3, 0.4) is 0 Å². The summed E-state index contributed by atoms with van der Waals surface area (Å²) in [7, 11) is 1.63. The zero-order valence-corrected chi connectivity index (χ0v) is 15.6. The van der Waals surface area contributed by atoms with Crippen molar-refractivity contribution in [1.82, 2.24) is 0 Å². The predicted octanol–water partition coefficient (Wildman–Crippen LogP) is 4.58. The Morgan fingerprint density at radius 3 is 2.67 bits per heavy atom. The molecule has 0 amide bonds. The molecule has 2 aromatic rings. The van der Waals surface area contributed by atoms with Crippen molar-refractivity contribution in [3.05, 3.63) is 81.8 Å². The lowest BCUT2D eigenvalue weighted by atomic mass is 9.77. The van der Waals surface area contributed by atoms with Crippen molar-refractivity contribution >= 4 is 5.78 Å². The molecule has 0 bridgehead atoms. The van der Waals surface area contributed by atoms with Gasteiger partial charge >= 0.3 is 0 Å². The number of ketones is 1. The van der Waals surface area contributed by atoms with Gasteiger partial charge in [-0.15, -0.1) is 0 Å². The fourth-order valence-electron chi connectivity index (χ4n) is 4.37. The van der Waals surface area contributed by atoms with Crippen LogP contribution in [0, 0.1) is 4.91 Å². The summed E-state index contributed by atoms with van der Waals surface area (Å²) >= 11 is 0. The van der Waals surface area contributed by atoms with Crippen LogP contribution in [0.2, 0.25) is 0 Å². The van der Waals surface area contributed by atoms with E-state index in [1.807, 2.05) is 54.6 Å². The maximum absolute atomic E-state index is 13.4. The van der Waals surface area contributed by atoms with Crippen LogP contribution in [-0.2, 0) is 11.2 Å². The normalized spacial score (nSPS) is 22.6. The number of methoxy groups -OCH3 is 1. The van der Waals surface area contributed by atoms with Gasteiger partial charge in [-0.25, -0.2) is 0 Å². The number of carbonyl (C=O) groups excluding carboxylic acids is 1. The third-order valence-corrected chi connectivity index (χ3v) is 5.70. The highest BCUT2D eigenvalue weighted by atomic mass is 16.5. The molecule has 0 radical (unpaired) electrons. The van der Waals surface area contributed by atoms with E-state index in [-0.39, 0.29) is 11.8 Å². The highest BCUT2D eigenvalue weighted by molar-refractivity contribution is 5.98. The van der Waals surface area contributed by atoms with Gasteiger partial charge < -0.3 is 4.74 Å². The molecule has 138 valence electrons. The number of carbonyl (C=O) groups is 1. The second kappa shape index (κ2) is 7.47. The van der Waals surface area contributed by atoms with Crippen molar-refractivity contribution in [2.45, 2.75) is 44.2 Å². The lowest BCUT2D eigenvalue weighted by Gasteiger charge is -2.29. The van der Waals surface area contributed by atoms with Gasteiger partial charge in [0.1, 0.15) is 5.75 Å². The average molecular weight is 362 g/mol. The molecule has 1 aliphatic heterocycles. The van der Waals surface area contributed by atoms with Crippen molar-refractivity contribution in [2.75, 3.05) is 7.11 Å². The van der Waals surface area contributed by atoms with E-state index in [1.165, 1.54) is 5.57 Å². The topological polar surface area (TPSA) is 46.4 Å². The van der Waals surface area contributed by atoms with Crippen LogP contribution >= 0.6 is 0 Å².